The summed E-state index contributed by atoms with van der Waals surface area (Å²) in [6.45, 7) is 2.04. The van der Waals surface area contributed by atoms with Crippen molar-refractivity contribution in [2.45, 2.75) is 32.6 Å². The van der Waals surface area contributed by atoms with E-state index in [0.29, 0.717) is 12.2 Å². The fraction of sp³-hybridized carbons (Fsp3) is 0.304. The summed E-state index contributed by atoms with van der Waals surface area (Å²) in [6, 6.07) is 15.3. The average Bonchev–Trinajstić information content (AvgIpc) is 2.81. The number of amides is 2. The summed E-state index contributed by atoms with van der Waals surface area (Å²) in [5.74, 6) is -0.893. The van der Waals surface area contributed by atoms with E-state index in [0.717, 1.165) is 22.0 Å². The van der Waals surface area contributed by atoms with Crippen LogP contribution >= 0.6 is 28.1 Å². The highest BCUT2D eigenvalue weighted by molar-refractivity contribution is 9.10. The first kappa shape index (κ1) is 26.3. The third-order valence-corrected chi connectivity index (χ3v) is 5.21. The smallest absolute Gasteiger partial charge is 0.306 e. The van der Waals surface area contributed by atoms with Gasteiger partial charge in [-0.25, -0.2) is 0 Å². The Morgan fingerprint density at radius 1 is 0.970 bits per heavy atom. The molecule has 0 spiro atoms. The fourth-order valence-electron chi connectivity index (χ4n) is 2.62. The molecule has 2 aromatic rings. The lowest BCUT2D eigenvalue weighted by atomic mass is 10.2. The minimum atomic E-state index is -0.486. The number of carbonyl (C=O) groups is 3. The van der Waals surface area contributed by atoms with E-state index >= 15 is 0 Å². The quantitative estimate of drug-likeness (QED) is 0.244. The predicted molar refractivity (Wildman–Crippen MR) is 131 cm³/mol. The van der Waals surface area contributed by atoms with Crippen LogP contribution < -0.4 is 20.9 Å². The molecule has 3 N–H and O–H groups in total. The Labute approximate surface area is 206 Å². The van der Waals surface area contributed by atoms with Gasteiger partial charge < -0.3 is 14.8 Å². The first-order valence-electron chi connectivity index (χ1n) is 10.4. The molecule has 0 aliphatic rings. The van der Waals surface area contributed by atoms with Crippen LogP contribution in [0.5, 0.6) is 5.75 Å². The van der Waals surface area contributed by atoms with Crippen LogP contribution in [-0.4, -0.2) is 36.1 Å². The number of carbonyl (C=O) groups excluding carboxylic acids is 3. The molecule has 0 unspecified atom stereocenters. The maximum absolute atomic E-state index is 11.9. The van der Waals surface area contributed by atoms with Crippen LogP contribution in [0.3, 0.4) is 0 Å². The van der Waals surface area contributed by atoms with Gasteiger partial charge in [0, 0.05) is 12.8 Å². The van der Waals surface area contributed by atoms with Gasteiger partial charge in [0.2, 0.25) is 5.91 Å². The number of hydrogen-bond donors (Lipinski definition) is 3. The summed E-state index contributed by atoms with van der Waals surface area (Å²) < 4.78 is 11.3. The maximum atomic E-state index is 11.9. The van der Waals surface area contributed by atoms with Crippen molar-refractivity contribution in [3.63, 3.8) is 0 Å². The van der Waals surface area contributed by atoms with E-state index in [4.69, 9.17) is 21.7 Å². The van der Waals surface area contributed by atoms with E-state index in [2.05, 4.69) is 32.1 Å². The molecule has 2 aromatic carbocycles. The van der Waals surface area contributed by atoms with Crippen LogP contribution in [0.25, 0.3) is 0 Å². The minimum Gasteiger partial charge on any atom is -0.483 e. The Kier molecular flexibility index (Phi) is 11.3. The van der Waals surface area contributed by atoms with Crippen LogP contribution in [0.15, 0.2) is 53.0 Å². The van der Waals surface area contributed by atoms with Crippen molar-refractivity contribution in [3.8, 4) is 5.75 Å². The first-order valence-corrected chi connectivity index (χ1v) is 11.6. The number of ether oxygens (including phenoxy) is 2. The molecule has 10 heteroatoms. The number of thiocarbonyl (C=S) groups is 1. The molecule has 0 bridgehead atoms. The second kappa shape index (κ2) is 14.2. The monoisotopic (exact) mass is 535 g/mol. The number of nitrogens with one attached hydrogen (secondary N) is 3. The summed E-state index contributed by atoms with van der Waals surface area (Å²) in [7, 11) is 0. The number of aryl methyl sites for hydroxylation is 1. The number of rotatable bonds is 10. The molecule has 33 heavy (non-hydrogen) atoms. The van der Waals surface area contributed by atoms with Gasteiger partial charge in [0.15, 0.2) is 11.7 Å². The topological polar surface area (TPSA) is 106 Å². The van der Waals surface area contributed by atoms with Crippen molar-refractivity contribution in [1.82, 2.24) is 16.2 Å². The Balaban J connectivity index is 1.58. The zero-order chi connectivity index (χ0) is 24.1. The fourth-order valence-corrected chi connectivity index (χ4v) is 3.33. The lowest BCUT2D eigenvalue weighted by Crippen LogP contribution is -2.49. The lowest BCUT2D eigenvalue weighted by Gasteiger charge is -2.12. The first-order chi connectivity index (χ1) is 15.9. The number of benzene rings is 2. The van der Waals surface area contributed by atoms with Gasteiger partial charge >= 0.3 is 5.97 Å². The van der Waals surface area contributed by atoms with Gasteiger partial charge in [0.05, 0.1) is 17.5 Å². The van der Waals surface area contributed by atoms with Gasteiger partial charge in [0.25, 0.3) is 5.91 Å². The van der Waals surface area contributed by atoms with Crippen molar-refractivity contribution in [2.75, 3.05) is 13.2 Å². The molecule has 8 nitrogen and oxygen atoms in total. The molecule has 0 saturated carbocycles. The molecular formula is C23H26BrN3O5S. The Hall–Kier alpha value is -2.98. The molecular weight excluding hydrogens is 510 g/mol. The number of hydrogen-bond acceptors (Lipinski definition) is 6. The van der Waals surface area contributed by atoms with Crippen molar-refractivity contribution in [3.05, 3.63) is 64.1 Å². The van der Waals surface area contributed by atoms with E-state index in [1.54, 1.807) is 6.07 Å². The van der Waals surface area contributed by atoms with E-state index in [-0.39, 0.29) is 31.2 Å². The lowest BCUT2D eigenvalue weighted by molar-refractivity contribution is -0.144. The van der Waals surface area contributed by atoms with Crippen LogP contribution in [-0.2, 0) is 32.0 Å². The van der Waals surface area contributed by atoms with E-state index in [1.807, 2.05) is 49.4 Å². The van der Waals surface area contributed by atoms with E-state index < -0.39 is 17.8 Å². The third-order valence-electron chi connectivity index (χ3n) is 4.38. The Bertz CT molecular complexity index is 972. The van der Waals surface area contributed by atoms with Crippen LogP contribution in [0.4, 0.5) is 0 Å². The summed E-state index contributed by atoms with van der Waals surface area (Å²) in [5, 5.41) is 2.28. The number of halogens is 1. The molecule has 2 rings (SSSR count). The van der Waals surface area contributed by atoms with Gasteiger partial charge in [-0.05, 0) is 57.8 Å². The zero-order valence-corrected chi connectivity index (χ0v) is 20.6. The summed E-state index contributed by atoms with van der Waals surface area (Å²) in [4.78, 5) is 35.6. The average molecular weight is 536 g/mol. The van der Waals surface area contributed by atoms with Crippen LogP contribution in [0, 0.1) is 0 Å². The molecule has 0 aliphatic carbocycles. The largest absolute Gasteiger partial charge is 0.483 e. The minimum absolute atomic E-state index is 0.0743. The zero-order valence-electron chi connectivity index (χ0n) is 18.2. The van der Waals surface area contributed by atoms with Crippen molar-refractivity contribution < 1.29 is 23.9 Å². The van der Waals surface area contributed by atoms with E-state index in [9.17, 15) is 14.4 Å². The van der Waals surface area contributed by atoms with Gasteiger partial charge in [-0.15, -0.1) is 0 Å². The molecule has 0 saturated heterocycles. The second-order valence-electron chi connectivity index (χ2n) is 6.91. The SMILES string of the molecule is CCc1ccc(OCC(=O)NNC(=S)NC(=O)CCC(=O)OCCc2ccccc2)c(Br)c1. The summed E-state index contributed by atoms with van der Waals surface area (Å²) in [5.41, 5.74) is 6.95. The molecule has 0 fully saturated rings. The molecule has 0 radical (unpaired) electrons. The van der Waals surface area contributed by atoms with Gasteiger partial charge in [-0.2, -0.15) is 0 Å². The molecule has 176 valence electrons. The third kappa shape index (κ3) is 10.5. The maximum Gasteiger partial charge on any atom is 0.306 e. The van der Waals surface area contributed by atoms with Crippen molar-refractivity contribution >= 4 is 51.0 Å². The Morgan fingerprint density at radius 2 is 1.73 bits per heavy atom. The highest BCUT2D eigenvalue weighted by Gasteiger charge is 2.11. The van der Waals surface area contributed by atoms with Gasteiger partial charge in [-0.1, -0.05) is 43.3 Å². The van der Waals surface area contributed by atoms with E-state index in [1.165, 1.54) is 0 Å². The molecule has 2 amide bonds. The number of esters is 1. The summed E-state index contributed by atoms with van der Waals surface area (Å²) >= 11 is 8.36. The van der Waals surface area contributed by atoms with Crippen LogP contribution in [0.2, 0.25) is 0 Å². The van der Waals surface area contributed by atoms with Crippen molar-refractivity contribution in [2.24, 2.45) is 0 Å². The normalized spacial score (nSPS) is 10.1. The van der Waals surface area contributed by atoms with Gasteiger partial charge in [-0.3, -0.25) is 25.2 Å². The number of hydrazine groups is 1. The predicted octanol–water partition coefficient (Wildman–Crippen LogP) is 2.98. The van der Waals surface area contributed by atoms with Crippen LogP contribution in [0.1, 0.15) is 30.9 Å². The highest BCUT2D eigenvalue weighted by atomic mass is 79.9. The second-order valence-corrected chi connectivity index (χ2v) is 8.18. The van der Waals surface area contributed by atoms with Crippen molar-refractivity contribution in [1.29, 1.82) is 0 Å². The Morgan fingerprint density at radius 3 is 2.42 bits per heavy atom. The standard InChI is InChI=1S/C23H26BrN3O5S/c1-2-16-8-9-19(18(24)14-16)32-15-21(29)26-27-23(33)25-20(28)10-11-22(30)31-13-12-17-6-4-3-5-7-17/h3-9,14H,2,10-13,15H2,1H3,(H,26,29)(H2,25,27,28,33). The molecule has 0 aromatic heterocycles. The molecule has 0 aliphatic heterocycles. The highest BCUT2D eigenvalue weighted by Crippen LogP contribution is 2.26. The molecule has 0 heterocycles. The molecule has 0 atom stereocenters. The van der Waals surface area contributed by atoms with Gasteiger partial charge in [0.1, 0.15) is 5.75 Å². The summed E-state index contributed by atoms with van der Waals surface area (Å²) in [6.07, 6.45) is 1.33.